The third-order valence-corrected chi connectivity index (χ3v) is 3.63. The Morgan fingerprint density at radius 2 is 1.83 bits per heavy atom. The molecule has 0 heterocycles. The van der Waals surface area contributed by atoms with Crippen LogP contribution in [0.3, 0.4) is 0 Å². The molecule has 124 valence electrons. The number of amides is 1. The van der Waals surface area contributed by atoms with Crippen LogP contribution in [-0.4, -0.2) is 16.9 Å². The van der Waals surface area contributed by atoms with E-state index in [1.165, 1.54) is 23.8 Å². The number of carbonyl (C=O) groups excluding carboxylic acids is 1. The third kappa shape index (κ3) is 5.68. The van der Waals surface area contributed by atoms with Crippen LogP contribution in [0.25, 0.3) is 6.08 Å². The van der Waals surface area contributed by atoms with Crippen molar-refractivity contribution in [1.29, 1.82) is 0 Å². The van der Waals surface area contributed by atoms with Crippen LogP contribution in [0.5, 0.6) is 0 Å². The lowest BCUT2D eigenvalue weighted by Crippen LogP contribution is -2.31. The summed E-state index contributed by atoms with van der Waals surface area (Å²) in [4.78, 5) is 22.0. The van der Waals surface area contributed by atoms with Crippen molar-refractivity contribution in [3.8, 4) is 0 Å². The summed E-state index contributed by atoms with van der Waals surface area (Å²) < 4.78 is 0. The molecule has 0 radical (unpaired) electrons. The largest absolute Gasteiger partial charge is 0.350 e. The highest BCUT2D eigenvalue weighted by atomic mass is 16.6. The summed E-state index contributed by atoms with van der Waals surface area (Å²) in [7, 11) is 0. The predicted octanol–water partition coefficient (Wildman–Crippen LogP) is 3.75. The molecule has 0 aliphatic heterocycles. The van der Waals surface area contributed by atoms with E-state index in [1.807, 2.05) is 25.1 Å². The van der Waals surface area contributed by atoms with Gasteiger partial charge in [-0.15, -0.1) is 0 Å². The molecule has 5 heteroatoms. The number of non-ortho nitro benzene ring substituents is 1. The number of carbonyl (C=O) groups is 1. The van der Waals surface area contributed by atoms with Crippen molar-refractivity contribution < 1.29 is 9.72 Å². The SMILES string of the molecule is C[C@@H](CCc1ccccc1)NC(=O)/C=C/c1ccc([N+](=O)[O-])cc1. The second-order valence-corrected chi connectivity index (χ2v) is 5.62. The standard InChI is InChI=1S/C19H20N2O3/c1-15(7-8-16-5-3-2-4-6-16)20-19(22)14-11-17-9-12-18(13-10-17)21(23)24/h2-6,9-15H,7-8H2,1H3,(H,20,22)/b14-11+/t15-/m0/s1. The van der Waals surface area contributed by atoms with Crippen LogP contribution in [-0.2, 0) is 11.2 Å². The van der Waals surface area contributed by atoms with Crippen molar-refractivity contribution in [3.63, 3.8) is 0 Å². The minimum Gasteiger partial charge on any atom is -0.350 e. The van der Waals surface area contributed by atoms with E-state index in [-0.39, 0.29) is 17.6 Å². The predicted molar refractivity (Wildman–Crippen MR) is 94.5 cm³/mol. The van der Waals surface area contributed by atoms with Gasteiger partial charge in [0.25, 0.3) is 5.69 Å². The molecule has 1 N–H and O–H groups in total. The molecule has 2 aromatic rings. The lowest BCUT2D eigenvalue weighted by molar-refractivity contribution is -0.384. The van der Waals surface area contributed by atoms with Gasteiger partial charge in [-0.2, -0.15) is 0 Å². The Morgan fingerprint density at radius 1 is 1.17 bits per heavy atom. The molecule has 0 saturated heterocycles. The smallest absolute Gasteiger partial charge is 0.269 e. The second-order valence-electron chi connectivity index (χ2n) is 5.62. The van der Waals surface area contributed by atoms with Crippen LogP contribution in [0.15, 0.2) is 60.7 Å². The average molecular weight is 324 g/mol. The molecule has 2 rings (SSSR count). The number of nitro groups is 1. The fourth-order valence-electron chi connectivity index (χ4n) is 2.27. The Bertz CT molecular complexity index is 709. The van der Waals surface area contributed by atoms with Gasteiger partial charge in [0.15, 0.2) is 0 Å². The Kier molecular flexibility index (Phi) is 6.25. The molecule has 0 spiro atoms. The lowest BCUT2D eigenvalue weighted by atomic mass is 10.1. The summed E-state index contributed by atoms with van der Waals surface area (Å²) in [6, 6.07) is 16.3. The molecule has 0 aliphatic carbocycles. The molecular formula is C19H20N2O3. The van der Waals surface area contributed by atoms with Crippen LogP contribution in [0.1, 0.15) is 24.5 Å². The number of aryl methyl sites for hydroxylation is 1. The van der Waals surface area contributed by atoms with Crippen molar-refractivity contribution in [2.75, 3.05) is 0 Å². The molecule has 5 nitrogen and oxygen atoms in total. The molecule has 0 aromatic heterocycles. The maximum atomic E-state index is 11.9. The molecule has 24 heavy (non-hydrogen) atoms. The van der Waals surface area contributed by atoms with Gasteiger partial charge in [-0.3, -0.25) is 14.9 Å². The lowest BCUT2D eigenvalue weighted by Gasteiger charge is -2.12. The van der Waals surface area contributed by atoms with Gasteiger partial charge in [0, 0.05) is 24.3 Å². The topological polar surface area (TPSA) is 72.2 Å². The molecule has 1 atom stereocenters. The Hall–Kier alpha value is -2.95. The molecule has 0 fully saturated rings. The number of nitrogens with zero attached hydrogens (tertiary/aromatic N) is 1. The van der Waals surface area contributed by atoms with E-state index in [0.29, 0.717) is 0 Å². The van der Waals surface area contributed by atoms with Crippen LogP contribution in [0, 0.1) is 10.1 Å². The summed E-state index contributed by atoms with van der Waals surface area (Å²) in [6.45, 7) is 1.97. The summed E-state index contributed by atoms with van der Waals surface area (Å²) in [5, 5.41) is 13.5. The van der Waals surface area contributed by atoms with E-state index in [2.05, 4.69) is 17.4 Å². The Labute approximate surface area is 141 Å². The van der Waals surface area contributed by atoms with Crippen LogP contribution in [0.2, 0.25) is 0 Å². The maximum Gasteiger partial charge on any atom is 0.269 e. The van der Waals surface area contributed by atoms with Gasteiger partial charge in [-0.25, -0.2) is 0 Å². The maximum absolute atomic E-state index is 11.9. The molecule has 0 saturated carbocycles. The van der Waals surface area contributed by atoms with Crippen LogP contribution >= 0.6 is 0 Å². The normalized spacial score (nSPS) is 12.0. The number of hydrogen-bond acceptors (Lipinski definition) is 3. The monoisotopic (exact) mass is 324 g/mol. The zero-order valence-electron chi connectivity index (χ0n) is 13.5. The Morgan fingerprint density at radius 3 is 2.46 bits per heavy atom. The van der Waals surface area contributed by atoms with E-state index in [9.17, 15) is 14.9 Å². The molecule has 2 aromatic carbocycles. The minimum atomic E-state index is -0.450. The van der Waals surface area contributed by atoms with Crippen molar-refractivity contribution in [3.05, 3.63) is 81.9 Å². The zero-order valence-corrected chi connectivity index (χ0v) is 13.5. The van der Waals surface area contributed by atoms with E-state index in [4.69, 9.17) is 0 Å². The number of benzene rings is 2. The first kappa shape index (κ1) is 17.4. The highest BCUT2D eigenvalue weighted by Gasteiger charge is 2.06. The summed E-state index contributed by atoms with van der Waals surface area (Å²) in [5.74, 6) is -0.172. The van der Waals surface area contributed by atoms with Crippen LogP contribution in [0.4, 0.5) is 5.69 Å². The second kappa shape index (κ2) is 8.62. The number of nitro benzene ring substituents is 1. The van der Waals surface area contributed by atoms with Gasteiger partial charge >= 0.3 is 0 Å². The van der Waals surface area contributed by atoms with E-state index in [0.717, 1.165) is 18.4 Å². The minimum absolute atomic E-state index is 0.0335. The highest BCUT2D eigenvalue weighted by molar-refractivity contribution is 5.91. The van der Waals surface area contributed by atoms with E-state index in [1.54, 1.807) is 18.2 Å². The molecule has 0 bridgehead atoms. The van der Waals surface area contributed by atoms with E-state index >= 15 is 0 Å². The van der Waals surface area contributed by atoms with E-state index < -0.39 is 4.92 Å². The van der Waals surface area contributed by atoms with Gasteiger partial charge in [0.05, 0.1) is 4.92 Å². The van der Waals surface area contributed by atoms with Crippen molar-refractivity contribution in [1.82, 2.24) is 5.32 Å². The summed E-state index contributed by atoms with van der Waals surface area (Å²) >= 11 is 0. The number of hydrogen-bond donors (Lipinski definition) is 1. The molecule has 1 amide bonds. The zero-order chi connectivity index (χ0) is 17.4. The first-order valence-corrected chi connectivity index (χ1v) is 7.81. The van der Waals surface area contributed by atoms with Gasteiger partial charge in [-0.05, 0) is 49.1 Å². The third-order valence-electron chi connectivity index (χ3n) is 3.63. The fraction of sp³-hybridized carbons (Fsp3) is 0.211. The van der Waals surface area contributed by atoms with Gasteiger partial charge in [-0.1, -0.05) is 30.3 Å². The highest BCUT2D eigenvalue weighted by Crippen LogP contribution is 2.12. The molecule has 0 unspecified atom stereocenters. The summed E-state index contributed by atoms with van der Waals surface area (Å²) in [6.07, 6.45) is 4.86. The van der Waals surface area contributed by atoms with Gasteiger partial charge in [0.1, 0.15) is 0 Å². The first-order valence-electron chi connectivity index (χ1n) is 7.81. The van der Waals surface area contributed by atoms with Crippen molar-refractivity contribution in [2.45, 2.75) is 25.8 Å². The molecule has 0 aliphatic rings. The van der Waals surface area contributed by atoms with Gasteiger partial charge in [0.2, 0.25) is 5.91 Å². The van der Waals surface area contributed by atoms with Crippen LogP contribution < -0.4 is 5.32 Å². The summed E-state index contributed by atoms with van der Waals surface area (Å²) in [5.41, 5.74) is 2.03. The quantitative estimate of drug-likeness (QED) is 0.479. The van der Waals surface area contributed by atoms with Crippen molar-refractivity contribution >= 4 is 17.7 Å². The number of rotatable bonds is 7. The fourth-order valence-corrected chi connectivity index (χ4v) is 2.27. The van der Waals surface area contributed by atoms with Crippen molar-refractivity contribution in [2.24, 2.45) is 0 Å². The molecular weight excluding hydrogens is 304 g/mol. The number of nitrogens with one attached hydrogen (secondary N) is 1. The first-order chi connectivity index (χ1) is 11.5. The van der Waals surface area contributed by atoms with Gasteiger partial charge < -0.3 is 5.32 Å². The average Bonchev–Trinajstić information content (AvgIpc) is 2.59. The Balaban J connectivity index is 1.80.